The van der Waals surface area contributed by atoms with Gasteiger partial charge in [-0.05, 0) is 80.5 Å². The van der Waals surface area contributed by atoms with E-state index in [9.17, 15) is 24.6 Å². The van der Waals surface area contributed by atoms with Crippen molar-refractivity contribution in [2.75, 3.05) is 0 Å². The first-order chi connectivity index (χ1) is 15.8. The fourth-order valence-corrected chi connectivity index (χ4v) is 8.43. The van der Waals surface area contributed by atoms with E-state index in [2.05, 4.69) is 27.4 Å². The van der Waals surface area contributed by atoms with Crippen molar-refractivity contribution in [3.8, 4) is 0 Å². The van der Waals surface area contributed by atoms with E-state index in [-0.39, 0.29) is 40.2 Å². The molecule has 0 bridgehead atoms. The van der Waals surface area contributed by atoms with Crippen molar-refractivity contribution in [1.82, 2.24) is 0 Å². The Bertz CT molecular complexity index is 946. The summed E-state index contributed by atoms with van der Waals surface area (Å²) < 4.78 is 0. The third-order valence-electron chi connectivity index (χ3n) is 10.7. The Morgan fingerprint density at radius 1 is 1.15 bits per heavy atom. The Morgan fingerprint density at radius 3 is 2.47 bits per heavy atom. The summed E-state index contributed by atoms with van der Waals surface area (Å²) in [6.45, 7) is 14.3. The van der Waals surface area contributed by atoms with Crippen LogP contribution in [-0.2, 0) is 14.4 Å². The highest BCUT2D eigenvalue weighted by Gasteiger charge is 2.61. The third-order valence-corrected chi connectivity index (χ3v) is 10.7. The van der Waals surface area contributed by atoms with Crippen LogP contribution in [0.5, 0.6) is 0 Å². The summed E-state index contributed by atoms with van der Waals surface area (Å²) >= 11 is 0. The Kier molecular flexibility index (Phi) is 6.50. The number of aliphatic carboxylic acids is 1. The van der Waals surface area contributed by atoms with Crippen LogP contribution in [-0.4, -0.2) is 33.9 Å². The Balaban J connectivity index is 1.61. The summed E-state index contributed by atoms with van der Waals surface area (Å²) in [4.78, 5) is 38.7. The lowest BCUT2D eigenvalue weighted by Gasteiger charge is -2.55. The summed E-state index contributed by atoms with van der Waals surface area (Å²) in [5, 5.41) is 19.7. The summed E-state index contributed by atoms with van der Waals surface area (Å²) in [7, 11) is 0. The number of carbonyl (C=O) groups excluding carboxylic acids is 2. The number of ketones is 2. The molecule has 0 aliphatic heterocycles. The van der Waals surface area contributed by atoms with E-state index in [0.29, 0.717) is 37.5 Å². The second kappa shape index (κ2) is 8.72. The smallest absolute Gasteiger partial charge is 0.310 e. The van der Waals surface area contributed by atoms with Gasteiger partial charge in [-0.25, -0.2) is 0 Å². The lowest BCUT2D eigenvalue weighted by Crippen LogP contribution is -2.53. The van der Waals surface area contributed by atoms with Gasteiger partial charge in [-0.2, -0.15) is 0 Å². The number of aliphatic hydroxyl groups is 1. The zero-order chi connectivity index (χ0) is 25.2. The SMILES string of the molecule is C=C(CC[C@@H](C)[C@H]1CC[C@H]2C3=C(C(=O)C[C@]12C)[C@@]1(C)CC[C@@H](O)[C@@H](C)[C@@H]1CC3=O)[C@@H](C)C(=O)O. The van der Waals surface area contributed by atoms with Crippen LogP contribution in [0.25, 0.3) is 0 Å². The predicted molar refractivity (Wildman–Crippen MR) is 131 cm³/mol. The molecule has 188 valence electrons. The van der Waals surface area contributed by atoms with E-state index >= 15 is 0 Å². The fraction of sp³-hybridized carbons (Fsp3) is 0.759. The van der Waals surface area contributed by atoms with E-state index < -0.39 is 18.0 Å². The highest BCUT2D eigenvalue weighted by molar-refractivity contribution is 6.10. The van der Waals surface area contributed by atoms with Crippen molar-refractivity contribution < 1.29 is 24.6 Å². The molecule has 0 spiro atoms. The van der Waals surface area contributed by atoms with Gasteiger partial charge in [0.15, 0.2) is 11.6 Å². The van der Waals surface area contributed by atoms with Crippen LogP contribution in [0.2, 0.25) is 0 Å². The molecule has 5 heteroatoms. The maximum atomic E-state index is 13.8. The molecule has 0 amide bonds. The molecule has 2 fully saturated rings. The Morgan fingerprint density at radius 2 is 1.82 bits per heavy atom. The molecular formula is C29H42O5. The van der Waals surface area contributed by atoms with Crippen molar-refractivity contribution in [2.45, 2.75) is 92.1 Å². The molecule has 0 unspecified atom stereocenters. The first-order valence-electron chi connectivity index (χ1n) is 13.2. The number of Topliss-reactive ketones (excluding diaryl/α,β-unsaturated/α-hetero) is 2. The molecule has 5 nitrogen and oxygen atoms in total. The summed E-state index contributed by atoms with van der Waals surface area (Å²) in [5.74, 6) is -0.252. The summed E-state index contributed by atoms with van der Waals surface area (Å²) in [6.07, 6.45) is 5.46. The van der Waals surface area contributed by atoms with E-state index in [4.69, 9.17) is 0 Å². The first kappa shape index (κ1) is 25.3. The van der Waals surface area contributed by atoms with Crippen LogP contribution in [0.4, 0.5) is 0 Å². The highest BCUT2D eigenvalue weighted by atomic mass is 16.4. The van der Waals surface area contributed by atoms with E-state index in [1.807, 2.05) is 6.92 Å². The van der Waals surface area contributed by atoms with Gasteiger partial charge >= 0.3 is 5.97 Å². The fourth-order valence-electron chi connectivity index (χ4n) is 8.43. The number of aliphatic hydroxyl groups excluding tert-OH is 1. The van der Waals surface area contributed by atoms with Crippen LogP contribution in [0.3, 0.4) is 0 Å². The molecule has 0 saturated heterocycles. The molecule has 0 aromatic rings. The van der Waals surface area contributed by atoms with Gasteiger partial charge < -0.3 is 10.2 Å². The number of hydrogen-bond donors (Lipinski definition) is 2. The average Bonchev–Trinajstić information content (AvgIpc) is 3.11. The maximum absolute atomic E-state index is 13.8. The maximum Gasteiger partial charge on any atom is 0.310 e. The summed E-state index contributed by atoms with van der Waals surface area (Å²) in [6, 6.07) is 0. The monoisotopic (exact) mass is 470 g/mol. The lowest BCUT2D eigenvalue weighted by atomic mass is 9.48. The molecule has 0 aromatic carbocycles. The lowest BCUT2D eigenvalue weighted by molar-refractivity contribution is -0.140. The van der Waals surface area contributed by atoms with E-state index in [1.54, 1.807) is 6.92 Å². The highest BCUT2D eigenvalue weighted by Crippen LogP contribution is 2.65. The number of hydrogen-bond acceptors (Lipinski definition) is 4. The molecule has 0 radical (unpaired) electrons. The standard InChI is InChI=1S/C29H42O5/c1-15(17(3)27(33)34)7-8-16(2)19-9-10-20-25-23(31)13-21-18(4)22(30)11-12-28(21,5)26(25)24(32)14-29(19,20)6/h16-22,30H,1,7-14H2,2-6H3,(H,33,34)/t16-,17-,18+,19-,20+,21+,22-,28+,29-/m1/s1. The zero-order valence-electron chi connectivity index (χ0n) is 21.5. The van der Waals surface area contributed by atoms with Gasteiger partial charge in [0.25, 0.3) is 0 Å². The molecule has 4 aliphatic rings. The van der Waals surface area contributed by atoms with Crippen LogP contribution in [0, 0.1) is 46.3 Å². The number of fused-ring (bicyclic) bond motifs is 4. The van der Waals surface area contributed by atoms with Gasteiger partial charge in [0.2, 0.25) is 0 Å². The third kappa shape index (κ3) is 3.73. The molecule has 4 rings (SSSR count). The van der Waals surface area contributed by atoms with Crippen molar-refractivity contribution in [2.24, 2.45) is 46.3 Å². The molecule has 34 heavy (non-hydrogen) atoms. The van der Waals surface area contributed by atoms with Gasteiger partial charge in [0.05, 0.1) is 12.0 Å². The minimum absolute atomic E-state index is 0.0236. The second-order valence-corrected chi connectivity index (χ2v) is 12.5. The number of carboxylic acid groups (broad SMARTS) is 1. The van der Waals surface area contributed by atoms with Crippen LogP contribution in [0.1, 0.15) is 86.0 Å². The molecule has 4 aliphatic carbocycles. The van der Waals surface area contributed by atoms with Gasteiger partial charge in [-0.1, -0.05) is 39.8 Å². The van der Waals surface area contributed by atoms with Crippen molar-refractivity contribution >= 4 is 17.5 Å². The molecule has 2 N–H and O–H groups in total. The molecule has 9 atom stereocenters. The number of rotatable bonds is 6. The minimum atomic E-state index is -0.838. The quantitative estimate of drug-likeness (QED) is 0.509. The Labute approximate surface area is 204 Å². The first-order valence-corrected chi connectivity index (χ1v) is 13.2. The van der Waals surface area contributed by atoms with Gasteiger partial charge in [-0.3, -0.25) is 14.4 Å². The van der Waals surface area contributed by atoms with Crippen molar-refractivity contribution in [3.05, 3.63) is 23.3 Å². The molecule has 0 aromatic heterocycles. The van der Waals surface area contributed by atoms with Crippen LogP contribution < -0.4 is 0 Å². The topological polar surface area (TPSA) is 91.7 Å². The average molecular weight is 471 g/mol. The number of carboxylic acids is 1. The second-order valence-electron chi connectivity index (χ2n) is 12.5. The van der Waals surface area contributed by atoms with Crippen LogP contribution >= 0.6 is 0 Å². The molecule has 2 saturated carbocycles. The Hall–Kier alpha value is -1.75. The zero-order valence-corrected chi connectivity index (χ0v) is 21.5. The largest absolute Gasteiger partial charge is 0.481 e. The number of allylic oxidation sites excluding steroid dienone is 2. The van der Waals surface area contributed by atoms with E-state index in [0.717, 1.165) is 42.4 Å². The molecule has 0 heterocycles. The predicted octanol–water partition coefficient (Wildman–Crippen LogP) is 5.37. The minimum Gasteiger partial charge on any atom is -0.481 e. The van der Waals surface area contributed by atoms with Crippen LogP contribution in [0.15, 0.2) is 23.3 Å². The number of carbonyl (C=O) groups is 3. The van der Waals surface area contributed by atoms with Gasteiger partial charge in [0, 0.05) is 29.4 Å². The van der Waals surface area contributed by atoms with Crippen molar-refractivity contribution in [3.63, 3.8) is 0 Å². The van der Waals surface area contributed by atoms with Gasteiger partial charge in [0.1, 0.15) is 0 Å². The van der Waals surface area contributed by atoms with Gasteiger partial charge in [-0.15, -0.1) is 0 Å². The van der Waals surface area contributed by atoms with Crippen molar-refractivity contribution in [1.29, 1.82) is 0 Å². The summed E-state index contributed by atoms with van der Waals surface area (Å²) in [5.41, 5.74) is 1.85. The normalized spacial score (nSPS) is 41.4. The molecular weight excluding hydrogens is 428 g/mol. The van der Waals surface area contributed by atoms with E-state index in [1.165, 1.54) is 0 Å².